The van der Waals surface area contributed by atoms with E-state index in [-0.39, 0.29) is 19.0 Å². The first-order chi connectivity index (χ1) is 5.82. The van der Waals surface area contributed by atoms with Crippen LogP contribution in [0.5, 0.6) is 0 Å². The van der Waals surface area contributed by atoms with Crippen molar-refractivity contribution in [1.82, 2.24) is 4.90 Å². The predicted octanol–water partition coefficient (Wildman–Crippen LogP) is -0.276. The first-order valence-electron chi connectivity index (χ1n) is 4.17. The number of alkyl halides is 1. The smallest absolute Gasteiger partial charge is 0.239 e. The average Bonchev–Trinajstić information content (AvgIpc) is 2.29. The Bertz CT molecular complexity index is 204. The van der Waals surface area contributed by atoms with Gasteiger partial charge >= 0.3 is 0 Å². The molecule has 0 bridgehead atoms. The second-order valence-electron chi connectivity index (χ2n) is 3.82. The number of rotatable bonds is 1. The summed E-state index contributed by atoms with van der Waals surface area (Å²) in [7, 11) is 0. The molecule has 0 aromatic rings. The summed E-state index contributed by atoms with van der Waals surface area (Å²) in [6.07, 6.45) is -1.61. The number of halogens is 1. The maximum Gasteiger partial charge on any atom is 0.239 e. The van der Waals surface area contributed by atoms with E-state index in [1.54, 1.807) is 13.8 Å². The van der Waals surface area contributed by atoms with Gasteiger partial charge in [0.25, 0.3) is 0 Å². The van der Waals surface area contributed by atoms with Gasteiger partial charge in [-0.1, -0.05) is 15.9 Å². The number of hydrogen-bond donors (Lipinski definition) is 2. The molecule has 0 spiro atoms. The van der Waals surface area contributed by atoms with Gasteiger partial charge in [-0.15, -0.1) is 0 Å². The molecule has 1 rings (SSSR count). The lowest BCUT2D eigenvalue weighted by atomic mass is 10.2. The van der Waals surface area contributed by atoms with Gasteiger partial charge in [0.05, 0.1) is 16.5 Å². The molecule has 1 saturated heterocycles. The van der Waals surface area contributed by atoms with Crippen molar-refractivity contribution in [2.45, 2.75) is 30.4 Å². The standard InChI is InChI=1S/C8H14BrNO3/c1-8(2,9)7(13)10-3-5(11)6(12)4-10/h5-6,11-12H,3-4H2,1-2H3. The summed E-state index contributed by atoms with van der Waals surface area (Å²) in [5, 5.41) is 18.4. The fourth-order valence-corrected chi connectivity index (χ4v) is 1.56. The summed E-state index contributed by atoms with van der Waals surface area (Å²) in [5.74, 6) is -0.108. The Morgan fingerprint density at radius 1 is 1.38 bits per heavy atom. The Labute approximate surface area is 85.7 Å². The highest BCUT2D eigenvalue weighted by Crippen LogP contribution is 2.22. The Morgan fingerprint density at radius 2 is 1.77 bits per heavy atom. The van der Waals surface area contributed by atoms with Crippen molar-refractivity contribution >= 4 is 21.8 Å². The summed E-state index contributed by atoms with van der Waals surface area (Å²) in [5.41, 5.74) is 0. The van der Waals surface area contributed by atoms with E-state index in [2.05, 4.69) is 15.9 Å². The van der Waals surface area contributed by atoms with Gasteiger partial charge in [0.1, 0.15) is 0 Å². The van der Waals surface area contributed by atoms with Crippen LogP contribution in [0, 0.1) is 0 Å². The molecule has 2 atom stereocenters. The lowest BCUT2D eigenvalue weighted by Gasteiger charge is -2.23. The van der Waals surface area contributed by atoms with Crippen LogP contribution in [0.1, 0.15) is 13.8 Å². The van der Waals surface area contributed by atoms with Crippen molar-refractivity contribution in [3.05, 3.63) is 0 Å². The van der Waals surface area contributed by atoms with Crippen molar-refractivity contribution in [3.8, 4) is 0 Å². The van der Waals surface area contributed by atoms with Gasteiger partial charge in [0.2, 0.25) is 5.91 Å². The van der Waals surface area contributed by atoms with E-state index in [0.29, 0.717) is 0 Å². The molecule has 1 aliphatic heterocycles. The number of carbonyl (C=O) groups is 1. The quantitative estimate of drug-likeness (QED) is 0.631. The van der Waals surface area contributed by atoms with Crippen molar-refractivity contribution in [1.29, 1.82) is 0 Å². The van der Waals surface area contributed by atoms with Crippen molar-refractivity contribution in [2.75, 3.05) is 13.1 Å². The minimum atomic E-state index is -0.807. The van der Waals surface area contributed by atoms with Crippen molar-refractivity contribution in [2.24, 2.45) is 0 Å². The van der Waals surface area contributed by atoms with Gasteiger partial charge in [-0.25, -0.2) is 0 Å². The predicted molar refractivity (Wildman–Crippen MR) is 51.6 cm³/mol. The van der Waals surface area contributed by atoms with E-state index >= 15 is 0 Å². The van der Waals surface area contributed by atoms with Crippen molar-refractivity contribution in [3.63, 3.8) is 0 Å². The van der Waals surface area contributed by atoms with Gasteiger partial charge in [-0.05, 0) is 13.8 Å². The third kappa shape index (κ3) is 2.42. The van der Waals surface area contributed by atoms with Crippen LogP contribution in [-0.4, -0.2) is 50.6 Å². The van der Waals surface area contributed by atoms with Crippen LogP contribution in [0.4, 0.5) is 0 Å². The van der Waals surface area contributed by atoms with E-state index in [0.717, 1.165) is 0 Å². The van der Waals surface area contributed by atoms with E-state index < -0.39 is 16.5 Å². The van der Waals surface area contributed by atoms with Gasteiger partial charge in [0.15, 0.2) is 0 Å². The highest BCUT2D eigenvalue weighted by Gasteiger charge is 2.37. The molecule has 1 amide bonds. The topological polar surface area (TPSA) is 60.8 Å². The fraction of sp³-hybridized carbons (Fsp3) is 0.875. The molecule has 76 valence electrons. The van der Waals surface area contributed by atoms with E-state index in [1.807, 2.05) is 0 Å². The number of aliphatic hydroxyl groups excluding tert-OH is 2. The molecule has 5 heteroatoms. The number of carbonyl (C=O) groups excluding carboxylic acids is 1. The Morgan fingerprint density at radius 3 is 2.08 bits per heavy atom. The molecule has 1 heterocycles. The van der Waals surface area contributed by atoms with E-state index in [1.165, 1.54) is 4.90 Å². The molecular weight excluding hydrogens is 238 g/mol. The van der Waals surface area contributed by atoms with Crippen LogP contribution in [0.15, 0.2) is 0 Å². The molecule has 4 nitrogen and oxygen atoms in total. The monoisotopic (exact) mass is 251 g/mol. The number of amides is 1. The SMILES string of the molecule is CC(C)(Br)C(=O)N1CC(O)C(O)C1. The van der Waals surface area contributed by atoms with Crippen LogP contribution >= 0.6 is 15.9 Å². The van der Waals surface area contributed by atoms with Crippen molar-refractivity contribution < 1.29 is 15.0 Å². The minimum absolute atomic E-state index is 0.108. The zero-order valence-electron chi connectivity index (χ0n) is 7.70. The molecule has 1 fully saturated rings. The molecule has 0 aromatic heterocycles. The summed E-state index contributed by atoms with van der Waals surface area (Å²) in [6, 6.07) is 0. The van der Waals surface area contributed by atoms with Gasteiger partial charge in [-0.2, -0.15) is 0 Å². The number of β-amino-alcohol motifs (C(OH)–C–C–N with tert-alkyl or cyclic N) is 2. The maximum atomic E-state index is 11.6. The molecule has 0 aliphatic carbocycles. The zero-order chi connectivity index (χ0) is 10.2. The molecule has 0 saturated carbocycles. The van der Waals surface area contributed by atoms with E-state index in [9.17, 15) is 15.0 Å². The minimum Gasteiger partial charge on any atom is -0.388 e. The second-order valence-corrected chi connectivity index (χ2v) is 5.80. The fourth-order valence-electron chi connectivity index (χ4n) is 1.31. The molecule has 2 unspecified atom stereocenters. The summed E-state index contributed by atoms with van der Waals surface area (Å²) in [6.45, 7) is 3.92. The van der Waals surface area contributed by atoms with E-state index in [4.69, 9.17) is 0 Å². The van der Waals surface area contributed by atoms with Gasteiger partial charge in [-0.3, -0.25) is 4.79 Å². The molecule has 0 radical (unpaired) electrons. The average molecular weight is 252 g/mol. The molecule has 13 heavy (non-hydrogen) atoms. The molecular formula is C8H14BrNO3. The highest BCUT2D eigenvalue weighted by molar-refractivity contribution is 9.10. The van der Waals surface area contributed by atoms with Crippen LogP contribution in [0.25, 0.3) is 0 Å². The lowest BCUT2D eigenvalue weighted by molar-refractivity contribution is -0.132. The summed E-state index contributed by atoms with van der Waals surface area (Å²) >= 11 is 3.24. The third-order valence-electron chi connectivity index (χ3n) is 2.05. The van der Waals surface area contributed by atoms with Gasteiger partial charge < -0.3 is 15.1 Å². The molecule has 2 N–H and O–H groups in total. The lowest BCUT2D eigenvalue weighted by Crippen LogP contribution is -2.40. The Hall–Kier alpha value is -0.130. The number of hydrogen-bond acceptors (Lipinski definition) is 3. The molecule has 1 aliphatic rings. The first kappa shape index (κ1) is 10.9. The largest absolute Gasteiger partial charge is 0.388 e. The van der Waals surface area contributed by atoms with Crippen LogP contribution in [0.3, 0.4) is 0 Å². The van der Waals surface area contributed by atoms with Crippen LogP contribution in [-0.2, 0) is 4.79 Å². The first-order valence-corrected chi connectivity index (χ1v) is 4.96. The van der Waals surface area contributed by atoms with Crippen LogP contribution in [0.2, 0.25) is 0 Å². The summed E-state index contributed by atoms with van der Waals surface area (Å²) < 4.78 is -0.628. The number of aliphatic hydroxyl groups is 2. The van der Waals surface area contributed by atoms with Crippen LogP contribution < -0.4 is 0 Å². The zero-order valence-corrected chi connectivity index (χ0v) is 9.28. The maximum absolute atomic E-state index is 11.6. The summed E-state index contributed by atoms with van der Waals surface area (Å²) in [4.78, 5) is 13.1. The highest BCUT2D eigenvalue weighted by atomic mass is 79.9. The third-order valence-corrected chi connectivity index (χ3v) is 2.39. The number of likely N-dealkylation sites (tertiary alicyclic amines) is 1. The second kappa shape index (κ2) is 3.55. The molecule has 0 aromatic carbocycles. The normalized spacial score (nSPS) is 29.5. The Balaban J connectivity index is 2.61. The number of nitrogens with zero attached hydrogens (tertiary/aromatic N) is 1. The van der Waals surface area contributed by atoms with Gasteiger partial charge in [0, 0.05) is 13.1 Å². The Kier molecular flexibility index (Phi) is 2.99.